The molecule has 15 heteroatoms. The number of hydrogen-bond acceptors (Lipinski definition) is 5. The highest BCUT2D eigenvalue weighted by molar-refractivity contribution is 7.83. The minimum Gasteiger partial charge on any atom is -0.478 e. The third-order valence-electron chi connectivity index (χ3n) is 8.89. The number of aromatic carboxylic acids is 1. The summed E-state index contributed by atoms with van der Waals surface area (Å²) in [6.07, 6.45) is 3.96. The van der Waals surface area contributed by atoms with E-state index >= 15 is 17.7 Å². The lowest BCUT2D eigenvalue weighted by Crippen LogP contribution is -2.56. The smallest absolute Gasteiger partial charge is 0.361 e. The van der Waals surface area contributed by atoms with Crippen molar-refractivity contribution in [1.82, 2.24) is 0 Å². The molecule has 0 bridgehead atoms. The van der Waals surface area contributed by atoms with Crippen LogP contribution in [0.5, 0.6) is 0 Å². The number of carboxylic acids is 1. The maximum absolute atomic E-state index is 16.5. The monoisotopic (exact) mass is 703 g/mol. The number of carbonyl (C=O) groups is 2. The van der Waals surface area contributed by atoms with E-state index in [1.54, 1.807) is 18.2 Å². The molecule has 1 N–H and O–H groups in total. The number of nitrogens with zero attached hydrogens (tertiary/aromatic N) is 2. The molecule has 3 aromatic carbocycles. The fourth-order valence-electron chi connectivity index (χ4n) is 6.60. The molecule has 3 heterocycles. The highest BCUT2D eigenvalue weighted by Crippen LogP contribution is 2.62. The van der Waals surface area contributed by atoms with Gasteiger partial charge in [-0.15, -0.1) is 0 Å². The van der Waals surface area contributed by atoms with E-state index in [-0.39, 0.29) is 38.5 Å². The fraction of sp³-hybridized carbons (Fsp3) is 0.206. The van der Waals surface area contributed by atoms with E-state index in [1.807, 2.05) is 0 Å². The molecule has 4 aliphatic rings. The predicted molar refractivity (Wildman–Crippen MR) is 165 cm³/mol. The van der Waals surface area contributed by atoms with Crippen molar-refractivity contribution in [1.29, 1.82) is 0 Å². The van der Waals surface area contributed by atoms with Crippen LogP contribution >= 0.6 is 7.14 Å². The molecule has 0 spiro atoms. The van der Waals surface area contributed by atoms with Gasteiger partial charge in [-0.05, 0) is 29.3 Å². The van der Waals surface area contributed by atoms with Crippen LogP contribution in [0.1, 0.15) is 31.8 Å². The molecule has 0 saturated carbocycles. The van der Waals surface area contributed by atoms with Crippen LogP contribution in [0.15, 0.2) is 77.6 Å². The second kappa shape index (κ2) is 11.0. The van der Waals surface area contributed by atoms with Crippen LogP contribution < -0.4 is 15.5 Å². The van der Waals surface area contributed by atoms with E-state index in [0.29, 0.717) is 0 Å². The van der Waals surface area contributed by atoms with Crippen LogP contribution in [0.25, 0.3) is 5.57 Å². The van der Waals surface area contributed by atoms with Crippen molar-refractivity contribution in [3.05, 3.63) is 117 Å². The number of fused-ring (bicyclic) bond motifs is 2. The molecule has 3 aromatic rings. The molecule has 2 saturated heterocycles. The molecule has 1 atom stereocenters. The highest BCUT2D eigenvalue weighted by atomic mass is 31.2. The Hall–Kier alpha value is -4.97. The van der Waals surface area contributed by atoms with Crippen molar-refractivity contribution >= 4 is 46.7 Å². The first kappa shape index (κ1) is 32.6. The minimum atomic E-state index is -4.16. The molecule has 1 unspecified atom stereocenters. The summed E-state index contributed by atoms with van der Waals surface area (Å²) in [5.74, 6) is -15.7. The van der Waals surface area contributed by atoms with Gasteiger partial charge >= 0.3 is 17.9 Å². The first-order chi connectivity index (χ1) is 23.1. The summed E-state index contributed by atoms with van der Waals surface area (Å²) in [6, 6.07) is 11.8. The van der Waals surface area contributed by atoms with Crippen molar-refractivity contribution in [2.24, 2.45) is 0 Å². The molecule has 0 amide bonds. The molecule has 0 aromatic heterocycles. The molecular formula is C34H23F7N2O5P+. The Labute approximate surface area is 273 Å². The van der Waals surface area contributed by atoms with Crippen molar-refractivity contribution in [3.63, 3.8) is 0 Å². The highest BCUT2D eigenvalue weighted by Gasteiger charge is 2.52. The van der Waals surface area contributed by atoms with Crippen LogP contribution in [0.4, 0.5) is 36.4 Å². The van der Waals surface area contributed by atoms with Gasteiger partial charge in [0.15, 0.2) is 18.8 Å². The number of carbonyl (C=O) groups excluding carboxylic acids is 1. The lowest BCUT2D eigenvalue weighted by molar-refractivity contribution is -0.638. The third kappa shape index (κ3) is 4.95. The Morgan fingerprint density at radius 1 is 0.898 bits per heavy atom. The van der Waals surface area contributed by atoms with Crippen LogP contribution in [0.3, 0.4) is 0 Å². The average molecular weight is 704 g/mol. The normalized spacial score (nSPS) is 21.7. The first-order valence-electron chi connectivity index (χ1n) is 14.7. The number of esters is 1. The SMILES string of the molecule is COC(=O)c1c(F)c(F)c(C(=O)O)c(C2=C3C=CC(=[N+]4CC(F)(F)C4)C=C3P(=O)(c3ccccc3)c3cc(N4CC(F)(F)C4)ccc32)c1F. The average Bonchev–Trinajstić information content (AvgIpc) is 3.04. The molecule has 3 aliphatic heterocycles. The summed E-state index contributed by atoms with van der Waals surface area (Å²) >= 11 is 0. The van der Waals surface area contributed by atoms with Gasteiger partial charge in [0.05, 0.1) is 20.2 Å². The molecular weight excluding hydrogens is 680 g/mol. The zero-order chi connectivity index (χ0) is 35.2. The molecule has 7 nitrogen and oxygen atoms in total. The fourth-order valence-corrected chi connectivity index (χ4v) is 9.69. The van der Waals surface area contributed by atoms with Gasteiger partial charge in [-0.1, -0.05) is 36.4 Å². The number of carboxylic acid groups (broad SMARTS) is 1. The predicted octanol–water partition coefficient (Wildman–Crippen LogP) is 5.73. The van der Waals surface area contributed by atoms with E-state index in [9.17, 15) is 32.3 Å². The van der Waals surface area contributed by atoms with Crippen LogP contribution in [0, 0.1) is 17.5 Å². The second-order valence-electron chi connectivity index (χ2n) is 12.0. The number of rotatable bonds is 5. The summed E-state index contributed by atoms with van der Waals surface area (Å²) < 4.78 is 125. The van der Waals surface area contributed by atoms with E-state index in [2.05, 4.69) is 4.74 Å². The van der Waals surface area contributed by atoms with E-state index in [1.165, 1.54) is 58.0 Å². The Balaban J connectivity index is 1.62. The van der Waals surface area contributed by atoms with E-state index in [0.717, 1.165) is 7.11 Å². The van der Waals surface area contributed by atoms with Gasteiger partial charge in [-0.25, -0.2) is 36.1 Å². The van der Waals surface area contributed by atoms with Gasteiger partial charge in [0.1, 0.15) is 16.9 Å². The van der Waals surface area contributed by atoms with Gasteiger partial charge in [-0.3, -0.25) is 0 Å². The van der Waals surface area contributed by atoms with Crippen molar-refractivity contribution in [3.8, 4) is 0 Å². The maximum Gasteiger partial charge on any atom is 0.361 e. The summed E-state index contributed by atoms with van der Waals surface area (Å²) in [7, 11) is -3.39. The Kier molecular flexibility index (Phi) is 7.33. The number of halogens is 7. The van der Waals surface area contributed by atoms with Gasteiger partial charge in [0, 0.05) is 44.9 Å². The van der Waals surface area contributed by atoms with Crippen molar-refractivity contribution < 1.29 is 59.3 Å². The number of allylic oxidation sites excluding steroid dienone is 5. The number of ether oxygens (including phenoxy) is 1. The zero-order valence-electron chi connectivity index (χ0n) is 25.2. The van der Waals surface area contributed by atoms with Crippen molar-refractivity contribution in [2.45, 2.75) is 11.8 Å². The number of methoxy groups -OCH3 is 1. The lowest BCUT2D eigenvalue weighted by atomic mass is 9.85. The summed E-state index contributed by atoms with van der Waals surface area (Å²) in [6.45, 7) is -2.70. The van der Waals surface area contributed by atoms with Gasteiger partial charge in [0.25, 0.3) is 5.92 Å². The standard InChI is InChI=1S/C34H22F7N2O5P/c1-48-32(46)27-28(35)25(26(31(44)45)29(36)30(27)37)24-20-9-7-17(42-13-33(38,39)14-42)11-22(20)49(47,19-5-3-2-4-6-19)23-12-18(8-10-21(23)24)43-15-34(40,41)16-43/h2-12H,13-16H2,1H3/p+1. The largest absolute Gasteiger partial charge is 0.478 e. The Bertz CT molecular complexity index is 2180. The summed E-state index contributed by atoms with van der Waals surface area (Å²) in [5, 5.41) is 10.1. The Morgan fingerprint density at radius 2 is 1.55 bits per heavy atom. The summed E-state index contributed by atoms with van der Waals surface area (Å²) in [4.78, 5) is 26.3. The van der Waals surface area contributed by atoms with Crippen molar-refractivity contribution in [2.75, 3.05) is 38.2 Å². The number of alkyl halides is 4. The van der Waals surface area contributed by atoms with Crippen LogP contribution in [-0.4, -0.2) is 72.5 Å². The number of anilines is 1. The number of hydrogen-bond donors (Lipinski definition) is 1. The molecule has 49 heavy (non-hydrogen) atoms. The Morgan fingerprint density at radius 3 is 2.14 bits per heavy atom. The molecule has 2 fully saturated rings. The van der Waals surface area contributed by atoms with Crippen LogP contribution in [-0.2, 0) is 9.30 Å². The van der Waals surface area contributed by atoms with Crippen LogP contribution in [0.2, 0.25) is 0 Å². The summed E-state index contributed by atoms with van der Waals surface area (Å²) in [5.41, 5.74) is -4.37. The molecule has 7 rings (SSSR count). The topological polar surface area (TPSA) is 86.9 Å². The van der Waals surface area contributed by atoms with E-state index in [4.69, 9.17) is 0 Å². The lowest BCUT2D eigenvalue weighted by Gasteiger charge is -2.41. The number of benzene rings is 3. The van der Waals surface area contributed by atoms with Gasteiger partial charge in [-0.2, -0.15) is 8.78 Å². The molecule has 1 aliphatic carbocycles. The third-order valence-corrected chi connectivity index (χ3v) is 12.0. The van der Waals surface area contributed by atoms with Gasteiger partial charge in [0.2, 0.25) is 18.8 Å². The quantitative estimate of drug-likeness (QED) is 0.120. The minimum absolute atomic E-state index is 0.0971. The first-order valence-corrected chi connectivity index (χ1v) is 16.4. The van der Waals surface area contributed by atoms with Gasteiger partial charge < -0.3 is 19.3 Å². The van der Waals surface area contributed by atoms with E-state index < -0.39 is 96.8 Å². The second-order valence-corrected chi connectivity index (χ2v) is 14.7. The maximum atomic E-state index is 16.5. The molecule has 252 valence electrons. The molecule has 0 radical (unpaired) electrons. The zero-order valence-corrected chi connectivity index (χ0v) is 26.1.